The molecule has 24 heavy (non-hydrogen) atoms. The number of benzene rings is 1. The SMILES string of the molecule is CCc1cc2oc(=O)cc(CSc3nncn3C3CC3)c2cc1Cl. The number of aryl methyl sites for hydroxylation is 1. The molecule has 4 rings (SSSR count). The van der Waals surface area contributed by atoms with Crippen LogP contribution in [-0.2, 0) is 12.2 Å². The predicted octanol–water partition coefficient (Wildman–Crippen LogP) is 4.23. The zero-order chi connectivity index (χ0) is 16.7. The van der Waals surface area contributed by atoms with Crippen molar-refractivity contribution in [2.45, 2.75) is 43.1 Å². The number of aromatic nitrogens is 3. The minimum Gasteiger partial charge on any atom is -0.423 e. The smallest absolute Gasteiger partial charge is 0.336 e. The molecule has 1 saturated carbocycles. The van der Waals surface area contributed by atoms with Gasteiger partial charge in [0.15, 0.2) is 5.16 Å². The van der Waals surface area contributed by atoms with E-state index in [1.54, 1.807) is 18.1 Å². The van der Waals surface area contributed by atoms with E-state index in [-0.39, 0.29) is 5.63 Å². The van der Waals surface area contributed by atoms with Gasteiger partial charge in [-0.3, -0.25) is 0 Å². The molecular formula is C17H16ClN3O2S. The summed E-state index contributed by atoms with van der Waals surface area (Å²) >= 11 is 7.92. The summed E-state index contributed by atoms with van der Waals surface area (Å²) in [6, 6.07) is 5.82. The van der Waals surface area contributed by atoms with Crippen LogP contribution in [0, 0.1) is 0 Å². The number of fused-ring (bicyclic) bond motifs is 1. The van der Waals surface area contributed by atoms with Crippen molar-refractivity contribution in [3.05, 3.63) is 51.1 Å². The van der Waals surface area contributed by atoms with Gasteiger partial charge < -0.3 is 8.98 Å². The van der Waals surface area contributed by atoms with Crippen LogP contribution in [-0.4, -0.2) is 14.8 Å². The van der Waals surface area contributed by atoms with Crippen molar-refractivity contribution in [1.29, 1.82) is 0 Å². The Morgan fingerprint density at radius 2 is 2.17 bits per heavy atom. The normalized spacial score (nSPS) is 14.4. The lowest BCUT2D eigenvalue weighted by Crippen LogP contribution is -2.01. The van der Waals surface area contributed by atoms with Crippen LogP contribution >= 0.6 is 23.4 Å². The zero-order valence-corrected chi connectivity index (χ0v) is 14.7. The number of hydrogen-bond acceptors (Lipinski definition) is 5. The highest BCUT2D eigenvalue weighted by Crippen LogP contribution is 2.38. The van der Waals surface area contributed by atoms with Gasteiger partial charge in [-0.25, -0.2) is 4.79 Å². The summed E-state index contributed by atoms with van der Waals surface area (Å²) < 4.78 is 7.46. The van der Waals surface area contributed by atoms with Crippen molar-refractivity contribution in [2.24, 2.45) is 0 Å². The minimum absolute atomic E-state index is 0.342. The van der Waals surface area contributed by atoms with Gasteiger partial charge in [-0.15, -0.1) is 10.2 Å². The third-order valence-corrected chi connectivity index (χ3v) is 5.57. The molecule has 2 aromatic heterocycles. The standard InChI is InChI=1S/C17H16ClN3O2S/c1-2-10-5-15-13(7-14(10)18)11(6-16(22)23-15)8-24-17-20-19-9-21(17)12-3-4-12/h5-7,9,12H,2-4,8H2,1H3. The minimum atomic E-state index is -0.342. The first-order chi connectivity index (χ1) is 11.7. The lowest BCUT2D eigenvalue weighted by atomic mass is 10.1. The highest BCUT2D eigenvalue weighted by atomic mass is 35.5. The molecule has 5 nitrogen and oxygen atoms in total. The van der Waals surface area contributed by atoms with E-state index in [0.717, 1.165) is 28.1 Å². The largest absolute Gasteiger partial charge is 0.423 e. The molecule has 0 spiro atoms. The molecule has 0 bridgehead atoms. The average molecular weight is 362 g/mol. The summed E-state index contributed by atoms with van der Waals surface area (Å²) in [7, 11) is 0. The second-order valence-electron chi connectivity index (χ2n) is 5.92. The van der Waals surface area contributed by atoms with Gasteiger partial charge in [-0.2, -0.15) is 0 Å². The molecular weight excluding hydrogens is 346 g/mol. The molecule has 3 aromatic rings. The Labute approximate surface area is 148 Å². The Morgan fingerprint density at radius 1 is 1.33 bits per heavy atom. The van der Waals surface area contributed by atoms with Gasteiger partial charge in [-0.1, -0.05) is 30.3 Å². The molecule has 1 aliphatic carbocycles. The number of hydrogen-bond donors (Lipinski definition) is 0. The van der Waals surface area contributed by atoms with Crippen molar-refractivity contribution < 1.29 is 4.42 Å². The van der Waals surface area contributed by atoms with Crippen LogP contribution in [0.5, 0.6) is 0 Å². The number of nitrogens with zero attached hydrogens (tertiary/aromatic N) is 3. The molecule has 1 aromatic carbocycles. The maximum absolute atomic E-state index is 11.9. The van der Waals surface area contributed by atoms with Crippen LogP contribution in [0.1, 0.15) is 36.9 Å². The van der Waals surface area contributed by atoms with Gasteiger partial charge in [0, 0.05) is 28.3 Å². The van der Waals surface area contributed by atoms with E-state index < -0.39 is 0 Å². The number of thioether (sulfide) groups is 1. The van der Waals surface area contributed by atoms with E-state index in [0.29, 0.717) is 22.4 Å². The Balaban J connectivity index is 1.69. The molecule has 1 aliphatic rings. The summed E-state index contributed by atoms with van der Waals surface area (Å²) in [4.78, 5) is 11.9. The zero-order valence-electron chi connectivity index (χ0n) is 13.2. The van der Waals surface area contributed by atoms with Gasteiger partial charge in [0.25, 0.3) is 0 Å². The Morgan fingerprint density at radius 3 is 2.92 bits per heavy atom. The molecule has 0 aliphatic heterocycles. The molecule has 7 heteroatoms. The molecule has 0 radical (unpaired) electrons. The van der Waals surface area contributed by atoms with Gasteiger partial charge in [0.2, 0.25) is 0 Å². The van der Waals surface area contributed by atoms with E-state index in [9.17, 15) is 4.79 Å². The predicted molar refractivity (Wildman–Crippen MR) is 94.7 cm³/mol. The van der Waals surface area contributed by atoms with Gasteiger partial charge in [-0.05, 0) is 42.5 Å². The second-order valence-corrected chi connectivity index (χ2v) is 7.27. The maximum atomic E-state index is 11.9. The van der Waals surface area contributed by atoms with E-state index in [4.69, 9.17) is 16.0 Å². The highest BCUT2D eigenvalue weighted by molar-refractivity contribution is 7.98. The van der Waals surface area contributed by atoms with E-state index in [2.05, 4.69) is 14.8 Å². The Hall–Kier alpha value is -1.79. The van der Waals surface area contributed by atoms with Crippen LogP contribution in [0.3, 0.4) is 0 Å². The van der Waals surface area contributed by atoms with Gasteiger partial charge in [0.1, 0.15) is 11.9 Å². The molecule has 0 amide bonds. The van der Waals surface area contributed by atoms with Gasteiger partial charge in [0.05, 0.1) is 0 Å². The summed E-state index contributed by atoms with van der Waals surface area (Å²) in [5, 5.41) is 10.7. The lowest BCUT2D eigenvalue weighted by Gasteiger charge is -2.08. The fourth-order valence-corrected chi connectivity index (χ4v) is 4.03. The topological polar surface area (TPSA) is 60.9 Å². The van der Waals surface area contributed by atoms with Gasteiger partial charge >= 0.3 is 5.63 Å². The molecule has 2 heterocycles. The summed E-state index contributed by atoms with van der Waals surface area (Å²) in [6.07, 6.45) is 4.93. The quantitative estimate of drug-likeness (QED) is 0.502. The molecule has 124 valence electrons. The Bertz CT molecular complexity index is 962. The van der Waals surface area contributed by atoms with Crippen molar-refractivity contribution in [1.82, 2.24) is 14.8 Å². The first-order valence-electron chi connectivity index (χ1n) is 7.93. The number of halogens is 1. The molecule has 1 fully saturated rings. The molecule has 0 atom stereocenters. The fourth-order valence-electron chi connectivity index (χ4n) is 2.76. The second kappa shape index (κ2) is 6.26. The van der Waals surface area contributed by atoms with E-state index in [1.807, 2.05) is 19.1 Å². The summed E-state index contributed by atoms with van der Waals surface area (Å²) in [5.74, 6) is 0.620. The highest BCUT2D eigenvalue weighted by Gasteiger charge is 2.26. The van der Waals surface area contributed by atoms with Crippen LogP contribution in [0.25, 0.3) is 11.0 Å². The lowest BCUT2D eigenvalue weighted by molar-refractivity contribution is 0.559. The molecule has 0 saturated heterocycles. The van der Waals surface area contributed by atoms with Crippen molar-refractivity contribution in [3.63, 3.8) is 0 Å². The maximum Gasteiger partial charge on any atom is 0.336 e. The summed E-state index contributed by atoms with van der Waals surface area (Å²) in [5.41, 5.74) is 2.13. The van der Waals surface area contributed by atoms with Crippen molar-refractivity contribution >= 4 is 34.3 Å². The Kier molecular flexibility index (Phi) is 4.10. The van der Waals surface area contributed by atoms with Crippen molar-refractivity contribution in [2.75, 3.05) is 0 Å². The number of rotatable bonds is 5. The van der Waals surface area contributed by atoms with Crippen LogP contribution in [0.2, 0.25) is 5.02 Å². The van der Waals surface area contributed by atoms with E-state index >= 15 is 0 Å². The van der Waals surface area contributed by atoms with Crippen LogP contribution < -0.4 is 5.63 Å². The van der Waals surface area contributed by atoms with Crippen LogP contribution in [0.4, 0.5) is 0 Å². The fraction of sp³-hybridized carbons (Fsp3) is 0.353. The third-order valence-electron chi connectivity index (χ3n) is 4.22. The first-order valence-corrected chi connectivity index (χ1v) is 9.29. The van der Waals surface area contributed by atoms with Crippen LogP contribution in [0.15, 0.2) is 38.9 Å². The van der Waals surface area contributed by atoms with Crippen molar-refractivity contribution in [3.8, 4) is 0 Å². The third kappa shape index (κ3) is 2.96. The summed E-state index contributed by atoms with van der Waals surface area (Å²) in [6.45, 7) is 2.02. The van der Waals surface area contributed by atoms with E-state index in [1.165, 1.54) is 18.9 Å². The molecule has 0 unspecified atom stereocenters. The molecule has 0 N–H and O–H groups in total. The average Bonchev–Trinajstić information content (AvgIpc) is 3.31. The first kappa shape index (κ1) is 15.7. The monoisotopic (exact) mass is 361 g/mol.